The summed E-state index contributed by atoms with van der Waals surface area (Å²) in [7, 11) is -3.96. The zero-order valence-electron chi connectivity index (χ0n) is 10.1. The number of sulfone groups is 1. The van der Waals surface area contributed by atoms with Crippen LogP contribution in [0.4, 0.5) is 0 Å². The normalized spacial score (nSPS) is 15.2. The van der Waals surface area contributed by atoms with Gasteiger partial charge in [0.2, 0.25) is 5.91 Å². The van der Waals surface area contributed by atoms with Crippen LogP contribution in [0.5, 0.6) is 0 Å². The molecule has 0 saturated carbocycles. The highest BCUT2D eigenvalue weighted by atomic mass is 32.2. The molecule has 17 heavy (non-hydrogen) atoms. The molecule has 0 aliphatic heterocycles. The Hall–Kier alpha value is -0.470. The minimum atomic E-state index is -3.09. The molecule has 0 aromatic rings. The van der Waals surface area contributed by atoms with E-state index in [4.69, 9.17) is 5.73 Å². The topological polar surface area (TPSA) is 106 Å². The molecule has 2 unspecified atom stereocenters. The molecule has 8 heteroatoms. The van der Waals surface area contributed by atoms with Gasteiger partial charge in [-0.1, -0.05) is 0 Å². The van der Waals surface area contributed by atoms with Gasteiger partial charge < -0.3 is 11.1 Å². The Morgan fingerprint density at radius 1 is 1.47 bits per heavy atom. The predicted octanol–water partition coefficient (Wildman–Crippen LogP) is -1.37. The second-order valence-corrected chi connectivity index (χ2v) is 7.76. The predicted molar refractivity (Wildman–Crippen MR) is 68.9 cm³/mol. The first-order chi connectivity index (χ1) is 7.72. The maximum absolute atomic E-state index is 11.4. The van der Waals surface area contributed by atoms with Crippen LogP contribution in [-0.2, 0) is 25.4 Å². The molecule has 0 saturated heterocycles. The van der Waals surface area contributed by atoms with Gasteiger partial charge in [-0.25, -0.2) is 8.42 Å². The molecule has 0 aliphatic rings. The van der Waals surface area contributed by atoms with Crippen LogP contribution in [0.2, 0.25) is 0 Å². The van der Waals surface area contributed by atoms with Gasteiger partial charge in [0.05, 0.1) is 11.8 Å². The maximum Gasteiger partial charge on any atom is 0.236 e. The van der Waals surface area contributed by atoms with Gasteiger partial charge in [-0.2, -0.15) is 0 Å². The average Bonchev–Trinajstić information content (AvgIpc) is 2.19. The summed E-state index contributed by atoms with van der Waals surface area (Å²) in [5.41, 5.74) is 5.53. The molecule has 3 N–H and O–H groups in total. The van der Waals surface area contributed by atoms with E-state index < -0.39 is 26.7 Å². The molecule has 102 valence electrons. The van der Waals surface area contributed by atoms with Gasteiger partial charge in [0.1, 0.15) is 9.84 Å². The van der Waals surface area contributed by atoms with Crippen molar-refractivity contribution in [1.82, 2.24) is 5.32 Å². The van der Waals surface area contributed by atoms with Gasteiger partial charge in [0, 0.05) is 35.6 Å². The third-order valence-corrected chi connectivity index (χ3v) is 3.89. The van der Waals surface area contributed by atoms with E-state index in [0.29, 0.717) is 18.7 Å². The molecule has 0 fully saturated rings. The van der Waals surface area contributed by atoms with Crippen molar-refractivity contribution in [2.24, 2.45) is 5.73 Å². The largest absolute Gasteiger partial charge is 0.355 e. The fourth-order valence-electron chi connectivity index (χ4n) is 1.09. The lowest BCUT2D eigenvalue weighted by molar-refractivity contribution is -0.122. The maximum atomic E-state index is 11.4. The summed E-state index contributed by atoms with van der Waals surface area (Å²) in [6, 6.07) is -0.808. The van der Waals surface area contributed by atoms with E-state index in [1.54, 1.807) is 6.26 Å². The van der Waals surface area contributed by atoms with Gasteiger partial charge in [-0.15, -0.1) is 0 Å². The average molecular weight is 284 g/mol. The summed E-state index contributed by atoms with van der Waals surface area (Å²) < 4.78 is 32.5. The van der Waals surface area contributed by atoms with Crippen molar-refractivity contribution in [1.29, 1.82) is 0 Å². The number of carbonyl (C=O) groups excluding carboxylic acids is 1. The monoisotopic (exact) mass is 284 g/mol. The van der Waals surface area contributed by atoms with Crippen molar-refractivity contribution in [3.05, 3.63) is 0 Å². The summed E-state index contributed by atoms with van der Waals surface area (Å²) in [5.74, 6) is 0.0647. The van der Waals surface area contributed by atoms with E-state index in [-0.39, 0.29) is 18.1 Å². The number of hydrogen-bond donors (Lipinski definition) is 2. The fourth-order valence-corrected chi connectivity index (χ4v) is 2.32. The Morgan fingerprint density at radius 2 is 2.06 bits per heavy atom. The first kappa shape index (κ1) is 16.5. The fraction of sp³-hybridized carbons (Fsp3) is 0.889. The molecule has 0 spiro atoms. The van der Waals surface area contributed by atoms with Crippen molar-refractivity contribution in [3.8, 4) is 0 Å². The summed E-state index contributed by atoms with van der Waals surface area (Å²) in [5, 5.41) is 2.58. The summed E-state index contributed by atoms with van der Waals surface area (Å²) in [6.07, 6.45) is 3.44. The first-order valence-electron chi connectivity index (χ1n) is 5.23. The molecule has 0 aromatic carbocycles. The van der Waals surface area contributed by atoms with E-state index in [1.807, 2.05) is 0 Å². The Labute approximate surface area is 105 Å². The molecule has 0 rings (SSSR count). The molecule has 0 heterocycles. The quantitative estimate of drug-likeness (QED) is 0.535. The first-order valence-corrected chi connectivity index (χ1v) is 9.02. The molecular formula is C9H20N2O4S2. The third-order valence-electron chi connectivity index (χ3n) is 2.04. The smallest absolute Gasteiger partial charge is 0.236 e. The van der Waals surface area contributed by atoms with Crippen LogP contribution in [0.25, 0.3) is 0 Å². The number of nitrogens with two attached hydrogens (primary N) is 1. The van der Waals surface area contributed by atoms with E-state index in [2.05, 4.69) is 5.32 Å². The number of hydrogen-bond acceptors (Lipinski definition) is 5. The number of rotatable bonds is 8. The van der Waals surface area contributed by atoms with Crippen LogP contribution in [0.1, 0.15) is 12.8 Å². The van der Waals surface area contributed by atoms with E-state index in [0.717, 1.165) is 6.26 Å². The van der Waals surface area contributed by atoms with Crippen LogP contribution in [-0.4, -0.2) is 55.1 Å². The Bertz CT molecular complexity index is 367. The Balaban J connectivity index is 3.79. The van der Waals surface area contributed by atoms with Gasteiger partial charge >= 0.3 is 0 Å². The highest BCUT2D eigenvalue weighted by molar-refractivity contribution is 7.90. The molecule has 0 bridgehead atoms. The molecular weight excluding hydrogens is 264 g/mol. The zero-order valence-corrected chi connectivity index (χ0v) is 11.8. The molecule has 0 aliphatic carbocycles. The van der Waals surface area contributed by atoms with Crippen LogP contribution in [0, 0.1) is 0 Å². The highest BCUT2D eigenvalue weighted by Crippen LogP contribution is 1.94. The molecule has 0 aromatic heterocycles. The van der Waals surface area contributed by atoms with Crippen LogP contribution in [0.15, 0.2) is 0 Å². The van der Waals surface area contributed by atoms with E-state index >= 15 is 0 Å². The van der Waals surface area contributed by atoms with Gasteiger partial charge in [0.25, 0.3) is 0 Å². The van der Waals surface area contributed by atoms with Crippen molar-refractivity contribution in [3.63, 3.8) is 0 Å². The standard InChI is InChI=1S/C9H20N2O4S2/c1-16(13)6-3-5-11-9(12)8(10)4-7-17(2,14)15/h8H,3-7,10H2,1-2H3,(H,11,12). The van der Waals surface area contributed by atoms with Crippen molar-refractivity contribution in [2.45, 2.75) is 18.9 Å². The lowest BCUT2D eigenvalue weighted by Crippen LogP contribution is -2.42. The lowest BCUT2D eigenvalue weighted by Gasteiger charge is -2.11. The number of carbonyl (C=O) groups is 1. The zero-order chi connectivity index (χ0) is 13.5. The summed E-state index contributed by atoms with van der Waals surface area (Å²) in [4.78, 5) is 11.4. The summed E-state index contributed by atoms with van der Waals surface area (Å²) >= 11 is 0. The highest BCUT2D eigenvalue weighted by Gasteiger charge is 2.15. The molecule has 1 amide bonds. The molecule has 6 nitrogen and oxygen atoms in total. The van der Waals surface area contributed by atoms with Gasteiger partial charge in [-0.05, 0) is 12.8 Å². The van der Waals surface area contributed by atoms with Crippen LogP contribution >= 0.6 is 0 Å². The second kappa shape index (κ2) is 7.78. The van der Waals surface area contributed by atoms with Crippen molar-refractivity contribution < 1.29 is 17.4 Å². The van der Waals surface area contributed by atoms with Crippen LogP contribution < -0.4 is 11.1 Å². The Kier molecular flexibility index (Phi) is 7.56. The number of nitrogens with one attached hydrogen (secondary N) is 1. The second-order valence-electron chi connectivity index (χ2n) is 3.95. The van der Waals surface area contributed by atoms with Gasteiger partial charge in [0.15, 0.2) is 0 Å². The van der Waals surface area contributed by atoms with Crippen molar-refractivity contribution in [2.75, 3.05) is 30.6 Å². The SMILES string of the molecule is CS(=O)CCCNC(=O)C(N)CCS(C)(=O)=O. The van der Waals surface area contributed by atoms with E-state index in [9.17, 15) is 17.4 Å². The molecule has 0 radical (unpaired) electrons. The third kappa shape index (κ3) is 10.4. The van der Waals surface area contributed by atoms with E-state index in [1.165, 1.54) is 0 Å². The molecule has 2 atom stereocenters. The Morgan fingerprint density at radius 3 is 2.53 bits per heavy atom. The van der Waals surface area contributed by atoms with Crippen LogP contribution in [0.3, 0.4) is 0 Å². The number of amides is 1. The van der Waals surface area contributed by atoms with Gasteiger partial charge in [-0.3, -0.25) is 9.00 Å². The van der Waals surface area contributed by atoms with Crippen molar-refractivity contribution >= 4 is 26.5 Å². The summed E-state index contributed by atoms with van der Waals surface area (Å²) in [6.45, 7) is 0.408. The lowest BCUT2D eigenvalue weighted by atomic mass is 10.2. The minimum absolute atomic E-state index is 0.0967. The minimum Gasteiger partial charge on any atom is -0.355 e.